The van der Waals surface area contributed by atoms with Crippen LogP contribution in [0.1, 0.15) is 12.6 Å². The number of hydrogen-bond donors (Lipinski definition) is 0. The van der Waals surface area contributed by atoms with Gasteiger partial charge in [0.15, 0.2) is 5.16 Å². The van der Waals surface area contributed by atoms with Crippen molar-refractivity contribution in [3.8, 4) is 11.3 Å². The molecule has 2 aromatic rings. The molecule has 0 amide bonds. The van der Waals surface area contributed by atoms with Crippen molar-refractivity contribution in [1.29, 1.82) is 0 Å². The number of hydrogen-bond acceptors (Lipinski definition) is 3. The van der Waals surface area contributed by atoms with Gasteiger partial charge in [0.05, 0.1) is 5.69 Å². The number of benzene rings is 1. The number of nitrogens with zero attached hydrogens (tertiary/aromatic N) is 2. The Balaban J connectivity index is 2.40. The lowest BCUT2D eigenvalue weighted by Gasteiger charge is -2.05. The molecule has 1 aromatic heterocycles. The molecule has 0 unspecified atom stereocenters. The van der Waals surface area contributed by atoms with Crippen LogP contribution in [0.25, 0.3) is 11.3 Å². The maximum Gasteiger partial charge on any atom is 0.188 e. The van der Waals surface area contributed by atoms with Crippen LogP contribution in [-0.4, -0.2) is 15.7 Å². The summed E-state index contributed by atoms with van der Waals surface area (Å²) in [5.74, 6) is 0.976. The first-order valence-electron chi connectivity index (χ1n) is 5.43. The second-order valence-electron chi connectivity index (χ2n) is 3.62. The molecule has 0 aliphatic heterocycles. The smallest absolute Gasteiger partial charge is 0.188 e. The summed E-state index contributed by atoms with van der Waals surface area (Å²) < 4.78 is 0. The van der Waals surface area contributed by atoms with Crippen molar-refractivity contribution in [3.63, 3.8) is 0 Å². The molecule has 0 spiro atoms. The fourth-order valence-electron chi connectivity index (χ4n) is 1.50. The van der Waals surface area contributed by atoms with Crippen LogP contribution in [0.4, 0.5) is 0 Å². The Morgan fingerprint density at radius 2 is 1.88 bits per heavy atom. The monoisotopic (exact) mass is 264 g/mol. The van der Waals surface area contributed by atoms with Gasteiger partial charge in [-0.15, -0.1) is 0 Å². The predicted molar refractivity (Wildman–Crippen MR) is 73.6 cm³/mol. The minimum atomic E-state index is 0.739. The Morgan fingerprint density at radius 1 is 1.18 bits per heavy atom. The summed E-state index contributed by atoms with van der Waals surface area (Å²) in [5.41, 5.74) is 3.00. The Hall–Kier alpha value is -1.06. The summed E-state index contributed by atoms with van der Waals surface area (Å²) in [6, 6.07) is 9.69. The lowest BCUT2D eigenvalue weighted by atomic mass is 10.1. The molecule has 2 nitrogen and oxygen atoms in total. The van der Waals surface area contributed by atoms with Crippen LogP contribution in [0.2, 0.25) is 5.02 Å². The number of aromatic nitrogens is 2. The van der Waals surface area contributed by atoms with Crippen molar-refractivity contribution in [2.75, 3.05) is 5.75 Å². The molecule has 88 valence electrons. The number of rotatable bonds is 3. The van der Waals surface area contributed by atoms with E-state index >= 15 is 0 Å². The Kier molecular flexibility index (Phi) is 4.02. The molecule has 4 heteroatoms. The maximum absolute atomic E-state index is 5.87. The van der Waals surface area contributed by atoms with Gasteiger partial charge < -0.3 is 0 Å². The van der Waals surface area contributed by atoms with E-state index in [1.807, 2.05) is 37.3 Å². The Labute approximate surface area is 110 Å². The van der Waals surface area contributed by atoms with Gasteiger partial charge in [-0.05, 0) is 30.9 Å². The van der Waals surface area contributed by atoms with E-state index in [0.29, 0.717) is 0 Å². The van der Waals surface area contributed by atoms with E-state index in [2.05, 4.69) is 16.9 Å². The van der Waals surface area contributed by atoms with Crippen molar-refractivity contribution in [2.24, 2.45) is 0 Å². The largest absolute Gasteiger partial charge is 0.228 e. The summed E-state index contributed by atoms with van der Waals surface area (Å²) >= 11 is 7.53. The fourth-order valence-corrected chi connectivity index (χ4v) is 2.26. The molecule has 0 aliphatic carbocycles. The SMILES string of the molecule is CCSc1nc(C)cc(-c2ccc(Cl)cc2)n1. The van der Waals surface area contributed by atoms with Crippen molar-refractivity contribution in [1.82, 2.24) is 9.97 Å². The highest BCUT2D eigenvalue weighted by atomic mass is 35.5. The average molecular weight is 265 g/mol. The molecule has 17 heavy (non-hydrogen) atoms. The first-order chi connectivity index (χ1) is 8.19. The van der Waals surface area contributed by atoms with Gasteiger partial charge in [-0.2, -0.15) is 0 Å². The maximum atomic E-state index is 5.87. The molecular weight excluding hydrogens is 252 g/mol. The van der Waals surface area contributed by atoms with E-state index in [0.717, 1.165) is 32.9 Å². The Bertz CT molecular complexity index is 511. The van der Waals surface area contributed by atoms with Gasteiger partial charge in [-0.3, -0.25) is 0 Å². The Morgan fingerprint density at radius 3 is 2.53 bits per heavy atom. The van der Waals surface area contributed by atoms with Gasteiger partial charge in [0.25, 0.3) is 0 Å². The highest BCUT2D eigenvalue weighted by Gasteiger charge is 2.04. The van der Waals surface area contributed by atoms with Crippen LogP contribution in [0.5, 0.6) is 0 Å². The second-order valence-corrected chi connectivity index (χ2v) is 5.28. The number of halogens is 1. The second kappa shape index (κ2) is 5.52. The van der Waals surface area contributed by atoms with Gasteiger partial charge in [-0.25, -0.2) is 9.97 Å². The summed E-state index contributed by atoms with van der Waals surface area (Å²) in [6.45, 7) is 4.08. The van der Waals surface area contributed by atoms with Crippen molar-refractivity contribution < 1.29 is 0 Å². The van der Waals surface area contributed by atoms with Crippen LogP contribution < -0.4 is 0 Å². The standard InChI is InChI=1S/C13H13ClN2S/c1-3-17-13-15-9(2)8-12(16-13)10-4-6-11(14)7-5-10/h4-8H,3H2,1-2H3. The molecule has 0 saturated carbocycles. The topological polar surface area (TPSA) is 25.8 Å². The van der Waals surface area contributed by atoms with Crippen LogP contribution in [-0.2, 0) is 0 Å². The minimum absolute atomic E-state index is 0.739. The summed E-state index contributed by atoms with van der Waals surface area (Å²) in [6.07, 6.45) is 0. The average Bonchev–Trinajstić information content (AvgIpc) is 2.29. The van der Waals surface area contributed by atoms with Crippen molar-refractivity contribution in [2.45, 2.75) is 19.0 Å². The van der Waals surface area contributed by atoms with Crippen molar-refractivity contribution >= 4 is 23.4 Å². The van der Waals surface area contributed by atoms with Crippen LogP contribution in [0.15, 0.2) is 35.5 Å². The third-order valence-electron chi connectivity index (χ3n) is 2.25. The van der Waals surface area contributed by atoms with Crippen LogP contribution >= 0.6 is 23.4 Å². The van der Waals surface area contributed by atoms with Crippen LogP contribution in [0.3, 0.4) is 0 Å². The first kappa shape index (κ1) is 12.4. The quantitative estimate of drug-likeness (QED) is 0.613. The lowest BCUT2D eigenvalue weighted by Crippen LogP contribution is -1.93. The van der Waals surface area contributed by atoms with E-state index in [-0.39, 0.29) is 0 Å². The molecular formula is C13H13ClN2S. The summed E-state index contributed by atoms with van der Waals surface area (Å²) in [5, 5.41) is 1.57. The predicted octanol–water partition coefficient (Wildman–Crippen LogP) is 4.22. The van der Waals surface area contributed by atoms with Gasteiger partial charge in [0.1, 0.15) is 0 Å². The van der Waals surface area contributed by atoms with E-state index in [1.165, 1.54) is 0 Å². The molecule has 0 bridgehead atoms. The van der Waals surface area contributed by atoms with E-state index in [9.17, 15) is 0 Å². The third kappa shape index (κ3) is 3.20. The zero-order chi connectivity index (χ0) is 12.3. The highest BCUT2D eigenvalue weighted by molar-refractivity contribution is 7.99. The van der Waals surface area contributed by atoms with E-state index < -0.39 is 0 Å². The molecule has 2 rings (SSSR count). The summed E-state index contributed by atoms with van der Waals surface area (Å²) in [4.78, 5) is 8.92. The van der Waals surface area contributed by atoms with E-state index in [1.54, 1.807) is 11.8 Å². The molecule has 0 radical (unpaired) electrons. The molecule has 0 atom stereocenters. The first-order valence-corrected chi connectivity index (χ1v) is 6.80. The van der Waals surface area contributed by atoms with Gasteiger partial charge in [-0.1, -0.05) is 42.4 Å². The molecule has 0 aliphatic rings. The zero-order valence-corrected chi connectivity index (χ0v) is 11.3. The van der Waals surface area contributed by atoms with E-state index in [4.69, 9.17) is 11.6 Å². The zero-order valence-electron chi connectivity index (χ0n) is 9.77. The number of thioether (sulfide) groups is 1. The molecule has 0 N–H and O–H groups in total. The molecule has 1 heterocycles. The minimum Gasteiger partial charge on any atom is -0.228 e. The van der Waals surface area contributed by atoms with Crippen LogP contribution in [0, 0.1) is 6.92 Å². The molecule has 1 aromatic carbocycles. The summed E-state index contributed by atoms with van der Waals surface area (Å²) in [7, 11) is 0. The van der Waals surface area contributed by atoms with Gasteiger partial charge in [0, 0.05) is 16.3 Å². The molecule has 0 fully saturated rings. The van der Waals surface area contributed by atoms with Gasteiger partial charge >= 0.3 is 0 Å². The number of aryl methyl sites for hydroxylation is 1. The van der Waals surface area contributed by atoms with Crippen molar-refractivity contribution in [3.05, 3.63) is 41.0 Å². The fraction of sp³-hybridized carbons (Fsp3) is 0.231. The molecule has 0 saturated heterocycles. The highest BCUT2D eigenvalue weighted by Crippen LogP contribution is 2.22. The third-order valence-corrected chi connectivity index (χ3v) is 3.23. The normalized spacial score (nSPS) is 10.5. The lowest BCUT2D eigenvalue weighted by molar-refractivity contribution is 0.938. The van der Waals surface area contributed by atoms with Gasteiger partial charge in [0.2, 0.25) is 0 Å².